The molecule has 1 aliphatic heterocycles. The first-order chi connectivity index (χ1) is 8.30. The summed E-state index contributed by atoms with van der Waals surface area (Å²) < 4.78 is 5.32. The summed E-state index contributed by atoms with van der Waals surface area (Å²) in [5.41, 5.74) is 1.41. The average molecular weight is 251 g/mol. The predicted octanol–water partition coefficient (Wildman–Crippen LogP) is 3.62. The van der Waals surface area contributed by atoms with Crippen molar-refractivity contribution in [3.63, 3.8) is 0 Å². The van der Waals surface area contributed by atoms with Crippen molar-refractivity contribution in [1.29, 1.82) is 0 Å². The predicted molar refractivity (Wildman–Crippen MR) is 74.0 cm³/mol. The molecule has 1 heterocycles. The molecule has 2 unspecified atom stereocenters. The molecule has 3 heteroatoms. The van der Waals surface area contributed by atoms with Crippen molar-refractivity contribution in [3.05, 3.63) is 23.8 Å². The lowest BCUT2D eigenvalue weighted by atomic mass is 10.0. The third-order valence-electron chi connectivity index (χ3n) is 3.22. The van der Waals surface area contributed by atoms with Crippen LogP contribution in [0.25, 0.3) is 0 Å². The zero-order valence-electron chi connectivity index (χ0n) is 10.8. The smallest absolute Gasteiger partial charge is 0.119 e. The van der Waals surface area contributed by atoms with E-state index in [0.29, 0.717) is 11.3 Å². The molecule has 2 nitrogen and oxygen atoms in total. The van der Waals surface area contributed by atoms with Crippen LogP contribution in [-0.2, 0) is 0 Å². The van der Waals surface area contributed by atoms with Gasteiger partial charge < -0.3 is 10.1 Å². The normalized spacial score (nSPS) is 22.5. The van der Waals surface area contributed by atoms with Gasteiger partial charge in [0.1, 0.15) is 5.75 Å². The van der Waals surface area contributed by atoms with Crippen LogP contribution in [0, 0.1) is 0 Å². The van der Waals surface area contributed by atoms with E-state index in [-0.39, 0.29) is 0 Å². The number of rotatable bonds is 5. The summed E-state index contributed by atoms with van der Waals surface area (Å²) in [5.74, 6) is 0.962. The molecule has 2 atom stereocenters. The van der Waals surface area contributed by atoms with Gasteiger partial charge in [-0.15, -0.1) is 11.8 Å². The summed E-state index contributed by atoms with van der Waals surface area (Å²) in [6.07, 6.45) is 2.37. The minimum Gasteiger partial charge on any atom is -0.497 e. The van der Waals surface area contributed by atoms with Gasteiger partial charge in [0.25, 0.3) is 0 Å². The van der Waals surface area contributed by atoms with Crippen molar-refractivity contribution < 1.29 is 4.74 Å². The number of nitrogens with one attached hydrogen (secondary N) is 1. The standard InChI is InChI=1S/C14H21NOS/c1-4-8-15-14-11-9-10(16-3)6-7-13(11)17-12(14)5-2/h6-7,9,12,14-15H,4-5,8H2,1-3H3. The highest BCUT2D eigenvalue weighted by Gasteiger charge is 2.31. The van der Waals surface area contributed by atoms with Crippen molar-refractivity contribution in [3.8, 4) is 5.75 Å². The van der Waals surface area contributed by atoms with Crippen LogP contribution in [0.3, 0.4) is 0 Å². The lowest BCUT2D eigenvalue weighted by Gasteiger charge is -2.19. The van der Waals surface area contributed by atoms with Gasteiger partial charge in [0, 0.05) is 16.2 Å². The SMILES string of the molecule is CCCNC1c2cc(OC)ccc2SC1CC. The van der Waals surface area contributed by atoms with Crippen molar-refractivity contribution in [2.45, 2.75) is 42.9 Å². The Morgan fingerprint density at radius 3 is 2.82 bits per heavy atom. The zero-order valence-corrected chi connectivity index (χ0v) is 11.6. The summed E-state index contributed by atoms with van der Waals surface area (Å²) in [7, 11) is 1.73. The van der Waals surface area contributed by atoms with E-state index in [1.54, 1.807) is 7.11 Å². The molecule has 0 amide bonds. The molecule has 2 rings (SSSR count). The molecule has 94 valence electrons. The van der Waals surface area contributed by atoms with Gasteiger partial charge in [-0.1, -0.05) is 13.8 Å². The molecule has 1 aromatic carbocycles. The Morgan fingerprint density at radius 2 is 2.18 bits per heavy atom. The highest BCUT2D eigenvalue weighted by molar-refractivity contribution is 8.00. The Kier molecular flexibility index (Phi) is 4.35. The first-order valence-electron chi connectivity index (χ1n) is 6.38. The lowest BCUT2D eigenvalue weighted by Crippen LogP contribution is -2.27. The number of methoxy groups -OCH3 is 1. The van der Waals surface area contributed by atoms with Crippen LogP contribution in [0.2, 0.25) is 0 Å². The third-order valence-corrected chi connectivity index (χ3v) is 4.75. The van der Waals surface area contributed by atoms with Crippen molar-refractivity contribution in [2.24, 2.45) is 0 Å². The van der Waals surface area contributed by atoms with Gasteiger partial charge in [0.15, 0.2) is 0 Å². The Balaban J connectivity index is 2.24. The molecule has 0 radical (unpaired) electrons. The van der Waals surface area contributed by atoms with E-state index in [4.69, 9.17) is 4.74 Å². The minimum absolute atomic E-state index is 0.482. The summed E-state index contributed by atoms with van der Waals surface area (Å²) in [4.78, 5) is 1.41. The topological polar surface area (TPSA) is 21.3 Å². The zero-order chi connectivity index (χ0) is 12.3. The molecular formula is C14H21NOS. The fraction of sp³-hybridized carbons (Fsp3) is 0.571. The molecule has 17 heavy (non-hydrogen) atoms. The minimum atomic E-state index is 0.482. The number of hydrogen-bond donors (Lipinski definition) is 1. The van der Waals surface area contributed by atoms with E-state index < -0.39 is 0 Å². The maximum absolute atomic E-state index is 5.32. The van der Waals surface area contributed by atoms with E-state index in [9.17, 15) is 0 Å². The third kappa shape index (κ3) is 2.61. The average Bonchev–Trinajstić information content (AvgIpc) is 2.73. The summed E-state index contributed by atoms with van der Waals surface area (Å²) >= 11 is 2.00. The largest absolute Gasteiger partial charge is 0.497 e. The van der Waals surface area contributed by atoms with E-state index in [2.05, 4.69) is 37.4 Å². The van der Waals surface area contributed by atoms with Gasteiger partial charge in [-0.3, -0.25) is 0 Å². The van der Waals surface area contributed by atoms with Crippen molar-refractivity contribution in [1.82, 2.24) is 5.32 Å². The van der Waals surface area contributed by atoms with Gasteiger partial charge in [0.2, 0.25) is 0 Å². The molecule has 0 fully saturated rings. The number of benzene rings is 1. The number of ether oxygens (including phenoxy) is 1. The van der Waals surface area contributed by atoms with Crippen LogP contribution in [0.5, 0.6) is 5.75 Å². The summed E-state index contributed by atoms with van der Waals surface area (Å²) in [6.45, 7) is 5.56. The molecular weight excluding hydrogens is 230 g/mol. The van der Waals surface area contributed by atoms with E-state index in [1.165, 1.54) is 23.3 Å². The van der Waals surface area contributed by atoms with E-state index in [1.807, 2.05) is 11.8 Å². The van der Waals surface area contributed by atoms with Crippen LogP contribution < -0.4 is 10.1 Å². The first-order valence-corrected chi connectivity index (χ1v) is 7.26. The van der Waals surface area contributed by atoms with Crippen molar-refractivity contribution in [2.75, 3.05) is 13.7 Å². The number of thioether (sulfide) groups is 1. The lowest BCUT2D eigenvalue weighted by molar-refractivity contribution is 0.412. The van der Waals surface area contributed by atoms with Gasteiger partial charge >= 0.3 is 0 Å². The van der Waals surface area contributed by atoms with Gasteiger partial charge in [0.05, 0.1) is 7.11 Å². The van der Waals surface area contributed by atoms with Crippen LogP contribution in [-0.4, -0.2) is 18.9 Å². The molecule has 1 N–H and O–H groups in total. The van der Waals surface area contributed by atoms with Crippen LogP contribution in [0.15, 0.2) is 23.1 Å². The highest BCUT2D eigenvalue weighted by Crippen LogP contribution is 2.46. The molecule has 0 spiro atoms. The fourth-order valence-electron chi connectivity index (χ4n) is 2.30. The van der Waals surface area contributed by atoms with Crippen LogP contribution in [0.1, 0.15) is 38.3 Å². The molecule has 1 aromatic rings. The Bertz CT molecular complexity index is 380. The molecule has 0 bridgehead atoms. The van der Waals surface area contributed by atoms with Crippen molar-refractivity contribution >= 4 is 11.8 Å². The maximum Gasteiger partial charge on any atom is 0.119 e. The highest BCUT2D eigenvalue weighted by atomic mass is 32.2. The van der Waals surface area contributed by atoms with E-state index in [0.717, 1.165) is 12.3 Å². The molecule has 1 aliphatic rings. The molecule has 0 saturated carbocycles. The second-order valence-corrected chi connectivity index (χ2v) is 5.68. The van der Waals surface area contributed by atoms with Gasteiger partial charge in [-0.2, -0.15) is 0 Å². The Morgan fingerprint density at radius 1 is 1.35 bits per heavy atom. The Hall–Kier alpha value is -0.670. The summed E-state index contributed by atoms with van der Waals surface area (Å²) in [6, 6.07) is 6.91. The second kappa shape index (κ2) is 5.78. The molecule has 0 aliphatic carbocycles. The first kappa shape index (κ1) is 12.8. The quantitative estimate of drug-likeness (QED) is 0.863. The maximum atomic E-state index is 5.32. The fourth-order valence-corrected chi connectivity index (χ4v) is 3.64. The number of fused-ring (bicyclic) bond motifs is 1. The Labute approximate surface area is 108 Å². The number of hydrogen-bond acceptors (Lipinski definition) is 3. The monoisotopic (exact) mass is 251 g/mol. The van der Waals surface area contributed by atoms with Crippen LogP contribution >= 0.6 is 11.8 Å². The molecule has 0 saturated heterocycles. The second-order valence-electron chi connectivity index (χ2n) is 4.40. The van der Waals surface area contributed by atoms with Gasteiger partial charge in [-0.05, 0) is 43.1 Å². The van der Waals surface area contributed by atoms with Gasteiger partial charge in [-0.25, -0.2) is 0 Å². The summed E-state index contributed by atoms with van der Waals surface area (Å²) in [5, 5.41) is 4.32. The molecule has 0 aromatic heterocycles. The van der Waals surface area contributed by atoms with E-state index >= 15 is 0 Å². The van der Waals surface area contributed by atoms with Crippen LogP contribution in [0.4, 0.5) is 0 Å².